The van der Waals surface area contributed by atoms with Crippen molar-refractivity contribution in [2.45, 2.75) is 38.5 Å². The van der Waals surface area contributed by atoms with Crippen LogP contribution in [0.4, 0.5) is 5.69 Å². The Balaban J connectivity index is 1.86. The molecule has 0 aliphatic heterocycles. The molecule has 1 amide bonds. The number of nitrogens with one attached hydrogen (secondary N) is 1. The number of benzene rings is 1. The highest BCUT2D eigenvalue weighted by atomic mass is 16.4. The van der Waals surface area contributed by atoms with Gasteiger partial charge in [-0.3, -0.25) is 9.59 Å². The minimum atomic E-state index is -0.846. The summed E-state index contributed by atoms with van der Waals surface area (Å²) in [6.07, 6.45) is 4.06. The highest BCUT2D eigenvalue weighted by Crippen LogP contribution is 2.33. The third-order valence-electron chi connectivity index (χ3n) is 3.54. The summed E-state index contributed by atoms with van der Waals surface area (Å²) in [6, 6.07) is 7.00. The molecular formula is C15H19NO3. The van der Waals surface area contributed by atoms with Crippen LogP contribution in [0, 0.1) is 5.92 Å². The average molecular weight is 261 g/mol. The van der Waals surface area contributed by atoms with Crippen molar-refractivity contribution in [2.75, 3.05) is 5.32 Å². The maximum atomic E-state index is 11.7. The molecule has 0 radical (unpaired) electrons. The van der Waals surface area contributed by atoms with E-state index in [0.717, 1.165) is 23.6 Å². The van der Waals surface area contributed by atoms with Gasteiger partial charge in [-0.2, -0.15) is 0 Å². The third kappa shape index (κ3) is 4.09. The zero-order valence-electron chi connectivity index (χ0n) is 11.1. The van der Waals surface area contributed by atoms with Crippen LogP contribution in [-0.2, 0) is 9.59 Å². The van der Waals surface area contributed by atoms with Crippen LogP contribution in [0.15, 0.2) is 24.3 Å². The van der Waals surface area contributed by atoms with Gasteiger partial charge in [-0.05, 0) is 37.0 Å². The van der Waals surface area contributed by atoms with E-state index in [1.54, 1.807) is 31.2 Å². The Bertz CT molecular complexity index is 463. The molecule has 2 N–H and O–H groups in total. The van der Waals surface area contributed by atoms with Gasteiger partial charge >= 0.3 is 5.97 Å². The number of carboxylic acids is 1. The molecular weight excluding hydrogens is 242 g/mol. The first-order valence-electron chi connectivity index (χ1n) is 6.69. The number of amides is 1. The van der Waals surface area contributed by atoms with Gasteiger partial charge in [-0.15, -0.1) is 0 Å². The summed E-state index contributed by atoms with van der Waals surface area (Å²) >= 11 is 0. The summed E-state index contributed by atoms with van der Waals surface area (Å²) < 4.78 is 0. The van der Waals surface area contributed by atoms with E-state index in [1.807, 2.05) is 0 Å². The van der Waals surface area contributed by atoms with E-state index in [4.69, 9.17) is 5.11 Å². The molecule has 4 heteroatoms. The van der Waals surface area contributed by atoms with Crippen molar-refractivity contribution < 1.29 is 14.7 Å². The Kier molecular flexibility index (Phi) is 4.20. The number of carboxylic acid groups (broad SMARTS) is 1. The van der Waals surface area contributed by atoms with Crippen molar-refractivity contribution >= 4 is 17.6 Å². The summed E-state index contributed by atoms with van der Waals surface area (Å²) in [6.45, 7) is 1.64. The van der Waals surface area contributed by atoms with Crippen LogP contribution in [0.3, 0.4) is 0 Å². The van der Waals surface area contributed by atoms with Crippen LogP contribution in [0.1, 0.15) is 44.1 Å². The lowest BCUT2D eigenvalue weighted by Gasteiger charge is -2.09. The highest BCUT2D eigenvalue weighted by molar-refractivity contribution is 5.90. The van der Waals surface area contributed by atoms with E-state index in [1.165, 1.54) is 12.8 Å². The average Bonchev–Trinajstić information content (AvgIpc) is 3.20. The van der Waals surface area contributed by atoms with Crippen molar-refractivity contribution in [3.63, 3.8) is 0 Å². The van der Waals surface area contributed by atoms with Crippen molar-refractivity contribution in [1.82, 2.24) is 0 Å². The van der Waals surface area contributed by atoms with Crippen molar-refractivity contribution in [3.8, 4) is 0 Å². The molecule has 1 aliphatic rings. The quantitative estimate of drug-likeness (QED) is 0.827. The molecule has 1 aromatic carbocycles. The minimum Gasteiger partial charge on any atom is -0.481 e. The first-order valence-corrected chi connectivity index (χ1v) is 6.69. The Morgan fingerprint density at radius 2 is 1.95 bits per heavy atom. The molecule has 0 spiro atoms. The van der Waals surface area contributed by atoms with Gasteiger partial charge in [0.05, 0.1) is 5.92 Å². The fraction of sp³-hybridized carbons (Fsp3) is 0.467. The van der Waals surface area contributed by atoms with Gasteiger partial charge in [0.25, 0.3) is 0 Å². The van der Waals surface area contributed by atoms with E-state index in [-0.39, 0.29) is 5.91 Å². The number of aliphatic carboxylic acids is 1. The lowest BCUT2D eigenvalue weighted by molar-refractivity contribution is -0.138. The summed E-state index contributed by atoms with van der Waals surface area (Å²) in [5, 5.41) is 11.7. The fourth-order valence-electron chi connectivity index (χ4n) is 1.96. The molecule has 1 fully saturated rings. The van der Waals surface area contributed by atoms with E-state index >= 15 is 0 Å². The molecule has 0 saturated heterocycles. The molecule has 102 valence electrons. The van der Waals surface area contributed by atoms with Gasteiger partial charge in [0.1, 0.15) is 0 Å². The fourth-order valence-corrected chi connectivity index (χ4v) is 1.96. The molecule has 4 nitrogen and oxygen atoms in total. The normalized spacial score (nSPS) is 15.8. The maximum Gasteiger partial charge on any atom is 0.310 e. The van der Waals surface area contributed by atoms with Crippen molar-refractivity contribution in [2.24, 2.45) is 5.92 Å². The number of carbonyl (C=O) groups excluding carboxylic acids is 1. The standard InChI is InChI=1S/C15H19NO3/c1-10(15(18)19)12-5-7-13(8-6-12)16-14(17)9-4-11-2-3-11/h5-8,10-11H,2-4,9H2,1H3,(H,16,17)(H,18,19). The Morgan fingerprint density at radius 1 is 1.32 bits per heavy atom. The molecule has 1 unspecified atom stereocenters. The molecule has 0 bridgehead atoms. The number of anilines is 1. The molecule has 1 atom stereocenters. The molecule has 19 heavy (non-hydrogen) atoms. The second-order valence-corrected chi connectivity index (χ2v) is 5.21. The van der Waals surface area contributed by atoms with E-state index in [2.05, 4.69) is 5.32 Å². The predicted molar refractivity (Wildman–Crippen MR) is 73.1 cm³/mol. The van der Waals surface area contributed by atoms with Crippen LogP contribution in [0.25, 0.3) is 0 Å². The number of carbonyl (C=O) groups is 2. The highest BCUT2D eigenvalue weighted by Gasteiger charge is 2.21. The van der Waals surface area contributed by atoms with Gasteiger partial charge < -0.3 is 10.4 Å². The largest absolute Gasteiger partial charge is 0.481 e. The van der Waals surface area contributed by atoms with Crippen molar-refractivity contribution in [1.29, 1.82) is 0 Å². The number of hydrogen-bond donors (Lipinski definition) is 2. The second-order valence-electron chi connectivity index (χ2n) is 5.21. The number of rotatable bonds is 6. The van der Waals surface area contributed by atoms with Crippen LogP contribution >= 0.6 is 0 Å². The van der Waals surface area contributed by atoms with Crippen molar-refractivity contribution in [3.05, 3.63) is 29.8 Å². The van der Waals surface area contributed by atoms with E-state index < -0.39 is 11.9 Å². The third-order valence-corrected chi connectivity index (χ3v) is 3.54. The van der Waals surface area contributed by atoms with E-state index in [0.29, 0.717) is 6.42 Å². The monoisotopic (exact) mass is 261 g/mol. The number of hydrogen-bond acceptors (Lipinski definition) is 2. The van der Waals surface area contributed by atoms with Gasteiger partial charge in [-0.1, -0.05) is 25.0 Å². The Morgan fingerprint density at radius 3 is 2.47 bits per heavy atom. The zero-order valence-corrected chi connectivity index (χ0v) is 11.1. The first-order chi connectivity index (χ1) is 9.06. The summed E-state index contributed by atoms with van der Waals surface area (Å²) in [7, 11) is 0. The SMILES string of the molecule is CC(C(=O)O)c1ccc(NC(=O)CCC2CC2)cc1. The van der Waals surface area contributed by atoms with Crippen LogP contribution in [0.5, 0.6) is 0 Å². The maximum absolute atomic E-state index is 11.7. The minimum absolute atomic E-state index is 0.0333. The molecule has 1 aliphatic carbocycles. The van der Waals surface area contributed by atoms with E-state index in [9.17, 15) is 9.59 Å². The summed E-state index contributed by atoms with van der Waals surface area (Å²) in [4.78, 5) is 22.5. The Hall–Kier alpha value is -1.84. The topological polar surface area (TPSA) is 66.4 Å². The molecule has 0 heterocycles. The lowest BCUT2D eigenvalue weighted by atomic mass is 10.0. The second kappa shape index (κ2) is 5.87. The van der Waals surface area contributed by atoms with Gasteiger partial charge in [0.15, 0.2) is 0 Å². The zero-order chi connectivity index (χ0) is 13.8. The van der Waals surface area contributed by atoms with Crippen LogP contribution in [-0.4, -0.2) is 17.0 Å². The van der Waals surface area contributed by atoms with Crippen LogP contribution < -0.4 is 5.32 Å². The van der Waals surface area contributed by atoms with Crippen LogP contribution in [0.2, 0.25) is 0 Å². The smallest absolute Gasteiger partial charge is 0.310 e. The van der Waals surface area contributed by atoms with Gasteiger partial charge in [-0.25, -0.2) is 0 Å². The predicted octanol–water partition coefficient (Wildman–Crippen LogP) is 3.00. The summed E-state index contributed by atoms with van der Waals surface area (Å²) in [5.74, 6) is -0.587. The molecule has 1 aromatic rings. The first kappa shape index (κ1) is 13.6. The van der Waals surface area contributed by atoms with Gasteiger partial charge in [0.2, 0.25) is 5.91 Å². The molecule has 0 aromatic heterocycles. The molecule has 2 rings (SSSR count). The summed E-state index contributed by atoms with van der Waals surface area (Å²) in [5.41, 5.74) is 1.46. The Labute approximate surface area is 112 Å². The van der Waals surface area contributed by atoms with Gasteiger partial charge in [0, 0.05) is 12.1 Å². The lowest BCUT2D eigenvalue weighted by Crippen LogP contribution is -2.12. The molecule has 1 saturated carbocycles.